The fourth-order valence-electron chi connectivity index (χ4n) is 7.46. The van der Waals surface area contributed by atoms with Gasteiger partial charge >= 0.3 is 5.97 Å². The number of amides is 1. The summed E-state index contributed by atoms with van der Waals surface area (Å²) in [5.41, 5.74) is 10.8. The van der Waals surface area contributed by atoms with Crippen LogP contribution in [0.2, 0.25) is 0 Å². The molecule has 1 atom stereocenters. The van der Waals surface area contributed by atoms with Crippen LogP contribution in [0.25, 0.3) is 11.1 Å². The molecular weight excluding hydrogens is 652 g/mol. The van der Waals surface area contributed by atoms with Crippen LogP contribution in [0, 0.1) is 19.8 Å². The number of benzene rings is 2. The molecule has 4 aromatic rings. The molecule has 0 aliphatic heterocycles. The van der Waals surface area contributed by atoms with Gasteiger partial charge in [-0.3, -0.25) is 29.7 Å². The predicted molar refractivity (Wildman–Crippen MR) is 201 cm³/mol. The Morgan fingerprint density at radius 2 is 1.44 bits per heavy atom. The summed E-state index contributed by atoms with van der Waals surface area (Å²) < 4.78 is 0. The normalized spacial score (nSPS) is 16.3. The molecule has 3 aliphatic carbocycles. The number of carboxylic acids is 1. The molecule has 2 aromatic carbocycles. The fraction of sp³-hybridized carbons (Fsp3) is 0.419. The van der Waals surface area contributed by atoms with Crippen molar-refractivity contribution in [3.8, 4) is 11.1 Å². The van der Waals surface area contributed by atoms with Crippen molar-refractivity contribution in [1.29, 1.82) is 0 Å². The third kappa shape index (κ3) is 8.01. The highest BCUT2D eigenvalue weighted by molar-refractivity contribution is 6.04. The van der Waals surface area contributed by atoms with Crippen molar-refractivity contribution in [3.05, 3.63) is 111 Å². The Hall–Kier alpha value is -4.73. The minimum Gasteiger partial charge on any atom is -0.480 e. The Bertz CT molecular complexity index is 2000. The number of Topliss-reactive ketones (excluding diaryl/α,β-unsaturated/α-hetero) is 1. The molecule has 0 spiro atoms. The lowest BCUT2D eigenvalue weighted by Crippen LogP contribution is -2.39. The number of rotatable bonds is 16. The number of nitrogens with zero attached hydrogens (tertiary/aromatic N) is 2. The smallest absolute Gasteiger partial charge is 0.323 e. The summed E-state index contributed by atoms with van der Waals surface area (Å²) in [6, 6.07) is 14.7. The molecule has 52 heavy (non-hydrogen) atoms. The van der Waals surface area contributed by atoms with Crippen LogP contribution >= 0.6 is 0 Å². The first kappa shape index (κ1) is 35.7. The number of pyridine rings is 2. The topological polar surface area (TPSA) is 142 Å². The van der Waals surface area contributed by atoms with Crippen LogP contribution < -0.4 is 10.6 Å². The van der Waals surface area contributed by atoms with E-state index in [1.54, 1.807) is 6.20 Å². The van der Waals surface area contributed by atoms with E-state index in [2.05, 4.69) is 20.6 Å². The second-order valence-corrected chi connectivity index (χ2v) is 15.0. The lowest BCUT2D eigenvalue weighted by molar-refractivity contribution is -0.140. The van der Waals surface area contributed by atoms with Gasteiger partial charge in [0.2, 0.25) is 0 Å². The van der Waals surface area contributed by atoms with E-state index in [-0.39, 0.29) is 24.7 Å². The number of carbonyl (C=O) groups is 3. The minimum atomic E-state index is -1.12. The van der Waals surface area contributed by atoms with Gasteiger partial charge < -0.3 is 15.5 Å². The number of aliphatic hydroxyl groups excluding tert-OH is 1. The molecule has 0 radical (unpaired) electrons. The summed E-state index contributed by atoms with van der Waals surface area (Å²) in [4.78, 5) is 47.7. The Morgan fingerprint density at radius 3 is 2.10 bits per heavy atom. The number of ketones is 1. The van der Waals surface area contributed by atoms with E-state index in [9.17, 15) is 24.6 Å². The maximum Gasteiger partial charge on any atom is 0.323 e. The van der Waals surface area contributed by atoms with Crippen molar-refractivity contribution in [2.45, 2.75) is 102 Å². The van der Waals surface area contributed by atoms with Crippen molar-refractivity contribution >= 4 is 23.3 Å². The molecule has 9 nitrogen and oxygen atoms in total. The van der Waals surface area contributed by atoms with Crippen LogP contribution in [0.1, 0.15) is 123 Å². The molecule has 3 fully saturated rings. The second kappa shape index (κ2) is 15.5. The Morgan fingerprint density at radius 1 is 0.808 bits per heavy atom. The number of nitrogens with one attached hydrogen (secondary N) is 2. The van der Waals surface area contributed by atoms with Crippen LogP contribution in [0.15, 0.2) is 60.9 Å². The van der Waals surface area contributed by atoms with Crippen LogP contribution in [-0.4, -0.2) is 50.5 Å². The molecular formula is C43H48N4O5. The molecule has 0 bridgehead atoms. The van der Waals surface area contributed by atoms with E-state index in [4.69, 9.17) is 0 Å². The summed E-state index contributed by atoms with van der Waals surface area (Å²) in [7, 11) is 0. The van der Waals surface area contributed by atoms with Gasteiger partial charge in [-0.15, -0.1) is 0 Å². The summed E-state index contributed by atoms with van der Waals surface area (Å²) in [5.74, 6) is 0.288. The largest absolute Gasteiger partial charge is 0.480 e. The number of carbonyl (C=O) groups excluding carboxylic acids is 2. The second-order valence-electron chi connectivity index (χ2n) is 15.0. The molecule has 0 saturated heterocycles. The van der Waals surface area contributed by atoms with E-state index in [1.807, 2.05) is 68.6 Å². The Kier molecular flexibility index (Phi) is 10.6. The molecule has 0 unspecified atom stereocenters. The molecule has 1 amide bonds. The highest BCUT2D eigenvalue weighted by atomic mass is 16.4. The number of carboxylic acid groups (broad SMARTS) is 1. The lowest BCUT2D eigenvalue weighted by atomic mass is 9.81. The molecule has 7 rings (SSSR count). The van der Waals surface area contributed by atoms with Gasteiger partial charge in [0.25, 0.3) is 5.91 Å². The standard InChI is InChI=1S/C43H48N4O5/c1-25-30(18-41(49)38-19-36(29-16-17-29)32(22-44-38)23-46-40(24-48)43(51)52)8-4-9-33(25)34-10-5-11-37(26(34)2)47-42(50)39-20-35(28-14-15-28)31(21-45-39)13-12-27-6-3-7-27/h4-5,8-11,19-22,27-29,40,46,48H,3,6-7,12-18,23-24H2,1-2H3,(H,47,50)(H,51,52)/t40-/m1/s1. The predicted octanol–water partition coefficient (Wildman–Crippen LogP) is 7.46. The van der Waals surface area contributed by atoms with Gasteiger partial charge in [-0.25, -0.2) is 0 Å². The molecule has 4 N–H and O–H groups in total. The van der Waals surface area contributed by atoms with Crippen LogP contribution in [0.4, 0.5) is 5.69 Å². The van der Waals surface area contributed by atoms with E-state index in [1.165, 1.54) is 49.7 Å². The highest BCUT2D eigenvalue weighted by Crippen LogP contribution is 2.43. The maximum absolute atomic E-state index is 13.6. The molecule has 270 valence electrons. The number of aromatic nitrogens is 2. The third-order valence-corrected chi connectivity index (χ3v) is 11.3. The average Bonchev–Trinajstić information content (AvgIpc) is 4.05. The van der Waals surface area contributed by atoms with Crippen LogP contribution in [0.5, 0.6) is 0 Å². The van der Waals surface area contributed by atoms with Gasteiger partial charge in [-0.1, -0.05) is 49.6 Å². The zero-order chi connectivity index (χ0) is 36.4. The highest BCUT2D eigenvalue weighted by Gasteiger charge is 2.30. The first-order chi connectivity index (χ1) is 25.2. The van der Waals surface area contributed by atoms with Crippen molar-refractivity contribution < 1.29 is 24.6 Å². The molecule has 2 heterocycles. The number of hydrogen-bond donors (Lipinski definition) is 4. The number of aliphatic hydroxyl groups is 1. The summed E-state index contributed by atoms with van der Waals surface area (Å²) in [6.45, 7) is 3.77. The monoisotopic (exact) mass is 700 g/mol. The number of anilines is 1. The number of hydrogen-bond acceptors (Lipinski definition) is 7. The fourth-order valence-corrected chi connectivity index (χ4v) is 7.46. The quantitative estimate of drug-likeness (QED) is 0.0883. The number of aliphatic carboxylic acids is 1. The summed E-state index contributed by atoms with van der Waals surface area (Å²) in [6.07, 6.45) is 14.4. The average molecular weight is 701 g/mol. The van der Waals surface area contributed by atoms with Crippen molar-refractivity contribution in [2.75, 3.05) is 11.9 Å². The minimum absolute atomic E-state index is 0.0923. The van der Waals surface area contributed by atoms with Crippen LogP contribution in [-0.2, 0) is 24.2 Å². The van der Waals surface area contributed by atoms with Gasteiger partial charge in [0.05, 0.1) is 6.61 Å². The summed E-state index contributed by atoms with van der Waals surface area (Å²) >= 11 is 0. The van der Waals surface area contributed by atoms with Gasteiger partial charge in [0.1, 0.15) is 17.4 Å². The van der Waals surface area contributed by atoms with E-state index < -0.39 is 18.6 Å². The third-order valence-electron chi connectivity index (χ3n) is 11.3. The van der Waals surface area contributed by atoms with Gasteiger partial charge in [-0.05, 0) is 138 Å². The van der Waals surface area contributed by atoms with Gasteiger partial charge in [0, 0.05) is 31.0 Å². The Labute approximate surface area is 305 Å². The van der Waals surface area contributed by atoms with Crippen molar-refractivity contribution in [2.24, 2.45) is 5.92 Å². The molecule has 3 aliphatic rings. The van der Waals surface area contributed by atoms with Gasteiger partial charge in [-0.2, -0.15) is 0 Å². The molecule has 2 aromatic heterocycles. The zero-order valence-corrected chi connectivity index (χ0v) is 30.1. The molecule has 3 saturated carbocycles. The van der Waals surface area contributed by atoms with Gasteiger partial charge in [0.15, 0.2) is 5.78 Å². The van der Waals surface area contributed by atoms with E-state index >= 15 is 0 Å². The summed E-state index contributed by atoms with van der Waals surface area (Å²) in [5, 5.41) is 24.7. The number of aryl methyl sites for hydroxylation is 1. The first-order valence-electron chi connectivity index (χ1n) is 18.8. The Balaban J connectivity index is 1.06. The lowest BCUT2D eigenvalue weighted by Gasteiger charge is -2.25. The van der Waals surface area contributed by atoms with E-state index in [0.717, 1.165) is 69.8 Å². The van der Waals surface area contributed by atoms with E-state index in [0.29, 0.717) is 23.2 Å². The maximum atomic E-state index is 13.6. The molecule has 9 heteroatoms. The first-order valence-corrected chi connectivity index (χ1v) is 18.8. The van der Waals surface area contributed by atoms with Crippen LogP contribution in [0.3, 0.4) is 0 Å². The zero-order valence-electron chi connectivity index (χ0n) is 30.1. The van der Waals surface area contributed by atoms with Crippen molar-refractivity contribution in [1.82, 2.24) is 15.3 Å². The SMILES string of the molecule is Cc1c(CC(=O)c2cc(C3CC3)c(CN[C@H](CO)C(=O)O)cn2)cccc1-c1cccc(NC(=O)c2cc(C3CC3)c(CCC3CCC3)cn2)c1C. The van der Waals surface area contributed by atoms with Crippen molar-refractivity contribution in [3.63, 3.8) is 0 Å².